The quantitative estimate of drug-likeness (QED) is 0.799. The Bertz CT molecular complexity index is 415. The van der Waals surface area contributed by atoms with Gasteiger partial charge in [0.2, 0.25) is 5.91 Å². The molecule has 0 atom stereocenters. The van der Waals surface area contributed by atoms with Crippen LogP contribution in [0.2, 0.25) is 0 Å². The van der Waals surface area contributed by atoms with Crippen molar-refractivity contribution in [3.8, 4) is 0 Å². The van der Waals surface area contributed by atoms with Gasteiger partial charge in [0.15, 0.2) is 0 Å². The Morgan fingerprint density at radius 3 is 2.39 bits per heavy atom. The highest BCUT2D eigenvalue weighted by molar-refractivity contribution is 5.88. The topological polar surface area (TPSA) is 69.6 Å². The molecule has 0 heterocycles. The Balaban J connectivity index is 2.58. The number of hydrogen-bond acceptors (Lipinski definition) is 3. The molecule has 18 heavy (non-hydrogen) atoms. The molecule has 0 fully saturated rings. The Hall–Kier alpha value is -2.04. The van der Waals surface area contributed by atoms with E-state index in [4.69, 9.17) is 5.11 Å². The van der Waals surface area contributed by atoms with Crippen molar-refractivity contribution in [1.29, 1.82) is 0 Å². The molecule has 1 amide bonds. The van der Waals surface area contributed by atoms with Crippen molar-refractivity contribution in [3.63, 3.8) is 0 Å². The summed E-state index contributed by atoms with van der Waals surface area (Å²) >= 11 is 0. The maximum absolute atomic E-state index is 11.5. The van der Waals surface area contributed by atoms with E-state index >= 15 is 0 Å². The normalized spacial score (nSPS) is 9.89. The number of carbonyl (C=O) groups excluding carboxylic acids is 1. The molecule has 0 saturated carbocycles. The van der Waals surface area contributed by atoms with E-state index in [9.17, 15) is 9.59 Å². The lowest BCUT2D eigenvalue weighted by Gasteiger charge is -2.18. The second-order valence-corrected chi connectivity index (χ2v) is 4.06. The van der Waals surface area contributed by atoms with Gasteiger partial charge in [-0.3, -0.25) is 4.79 Å². The van der Waals surface area contributed by atoms with Gasteiger partial charge in [-0.2, -0.15) is 0 Å². The van der Waals surface area contributed by atoms with Crippen LogP contribution in [0.1, 0.15) is 23.7 Å². The van der Waals surface area contributed by atoms with E-state index in [0.717, 1.165) is 12.1 Å². The van der Waals surface area contributed by atoms with Gasteiger partial charge < -0.3 is 15.3 Å². The lowest BCUT2D eigenvalue weighted by molar-refractivity contribution is -0.119. The van der Waals surface area contributed by atoms with E-state index in [1.54, 1.807) is 24.1 Å². The SMILES string of the molecule is CCCNC(=O)CN(C)c1ccc(C(=O)O)cc1. The van der Waals surface area contributed by atoms with Gasteiger partial charge in [-0.05, 0) is 30.7 Å². The number of nitrogens with one attached hydrogen (secondary N) is 1. The van der Waals surface area contributed by atoms with Crippen LogP contribution in [0, 0.1) is 0 Å². The molecule has 0 saturated heterocycles. The summed E-state index contributed by atoms with van der Waals surface area (Å²) in [7, 11) is 1.79. The van der Waals surface area contributed by atoms with Crippen LogP contribution in [0.4, 0.5) is 5.69 Å². The highest BCUT2D eigenvalue weighted by Gasteiger charge is 2.08. The first-order chi connectivity index (χ1) is 8.54. The van der Waals surface area contributed by atoms with Crippen LogP contribution in [-0.2, 0) is 4.79 Å². The van der Waals surface area contributed by atoms with E-state index < -0.39 is 5.97 Å². The van der Waals surface area contributed by atoms with Gasteiger partial charge in [0.05, 0.1) is 12.1 Å². The monoisotopic (exact) mass is 250 g/mol. The second-order valence-electron chi connectivity index (χ2n) is 4.06. The molecule has 0 bridgehead atoms. The van der Waals surface area contributed by atoms with Gasteiger partial charge in [-0.25, -0.2) is 4.79 Å². The van der Waals surface area contributed by atoms with E-state index in [-0.39, 0.29) is 18.0 Å². The van der Waals surface area contributed by atoms with Gasteiger partial charge in [0, 0.05) is 19.3 Å². The fraction of sp³-hybridized carbons (Fsp3) is 0.385. The molecule has 98 valence electrons. The zero-order valence-electron chi connectivity index (χ0n) is 10.6. The average Bonchev–Trinajstić information content (AvgIpc) is 2.36. The molecule has 1 aromatic carbocycles. The average molecular weight is 250 g/mol. The summed E-state index contributed by atoms with van der Waals surface area (Å²) in [4.78, 5) is 24.0. The molecule has 0 aliphatic heterocycles. The molecule has 0 aromatic heterocycles. The molecule has 1 rings (SSSR count). The minimum atomic E-state index is -0.954. The van der Waals surface area contributed by atoms with Crippen LogP contribution in [0.3, 0.4) is 0 Å². The minimum Gasteiger partial charge on any atom is -0.478 e. The Kier molecular flexibility index (Phi) is 5.17. The summed E-state index contributed by atoms with van der Waals surface area (Å²) in [6.45, 7) is 2.92. The summed E-state index contributed by atoms with van der Waals surface area (Å²) in [5, 5.41) is 11.6. The zero-order chi connectivity index (χ0) is 13.5. The van der Waals surface area contributed by atoms with Crippen LogP contribution < -0.4 is 10.2 Å². The maximum atomic E-state index is 11.5. The third-order valence-electron chi connectivity index (χ3n) is 2.51. The molecule has 1 aromatic rings. The first-order valence-electron chi connectivity index (χ1n) is 5.85. The third kappa shape index (κ3) is 4.08. The lowest BCUT2D eigenvalue weighted by Crippen LogP contribution is -2.35. The number of likely N-dealkylation sites (N-methyl/N-ethyl adjacent to an activating group) is 1. The number of aromatic carboxylic acids is 1. The molecule has 5 heteroatoms. The second kappa shape index (κ2) is 6.64. The number of rotatable bonds is 6. The standard InChI is InChI=1S/C13H18N2O3/c1-3-8-14-12(16)9-15(2)11-6-4-10(5-7-11)13(17)18/h4-7H,3,8-9H2,1-2H3,(H,14,16)(H,17,18). The number of carbonyl (C=O) groups is 2. The third-order valence-corrected chi connectivity index (χ3v) is 2.51. The van der Waals surface area contributed by atoms with Gasteiger partial charge in [0.25, 0.3) is 0 Å². The van der Waals surface area contributed by atoms with Crippen molar-refractivity contribution < 1.29 is 14.7 Å². The van der Waals surface area contributed by atoms with Gasteiger partial charge in [0.1, 0.15) is 0 Å². The van der Waals surface area contributed by atoms with E-state index in [2.05, 4.69) is 5.32 Å². The Morgan fingerprint density at radius 1 is 1.28 bits per heavy atom. The maximum Gasteiger partial charge on any atom is 0.335 e. The first-order valence-corrected chi connectivity index (χ1v) is 5.85. The molecule has 0 unspecified atom stereocenters. The van der Waals surface area contributed by atoms with E-state index in [0.29, 0.717) is 6.54 Å². The van der Waals surface area contributed by atoms with Gasteiger partial charge >= 0.3 is 5.97 Å². The highest BCUT2D eigenvalue weighted by Crippen LogP contribution is 2.13. The number of anilines is 1. The lowest BCUT2D eigenvalue weighted by atomic mass is 10.2. The number of amides is 1. The fourth-order valence-corrected chi connectivity index (χ4v) is 1.49. The molecule has 0 spiro atoms. The van der Waals surface area contributed by atoms with Crippen LogP contribution >= 0.6 is 0 Å². The highest BCUT2D eigenvalue weighted by atomic mass is 16.4. The molecule has 0 radical (unpaired) electrons. The molecular formula is C13H18N2O3. The van der Waals surface area contributed by atoms with Gasteiger partial charge in [-0.15, -0.1) is 0 Å². The van der Waals surface area contributed by atoms with E-state index in [1.807, 2.05) is 6.92 Å². The van der Waals surface area contributed by atoms with E-state index in [1.165, 1.54) is 12.1 Å². The van der Waals surface area contributed by atoms with Crippen molar-refractivity contribution in [1.82, 2.24) is 5.32 Å². The Morgan fingerprint density at radius 2 is 1.89 bits per heavy atom. The van der Waals surface area contributed by atoms with Crippen LogP contribution in [-0.4, -0.2) is 37.1 Å². The Labute approximate surface area is 106 Å². The van der Waals surface area contributed by atoms with Crippen LogP contribution in [0.15, 0.2) is 24.3 Å². The van der Waals surface area contributed by atoms with Crippen molar-refractivity contribution in [3.05, 3.63) is 29.8 Å². The van der Waals surface area contributed by atoms with Crippen molar-refractivity contribution in [2.75, 3.05) is 25.0 Å². The molecule has 0 aliphatic rings. The number of benzene rings is 1. The summed E-state index contributed by atoms with van der Waals surface area (Å²) in [5.74, 6) is -0.994. The number of carboxylic acid groups (broad SMARTS) is 1. The molecular weight excluding hydrogens is 232 g/mol. The van der Waals surface area contributed by atoms with Crippen LogP contribution in [0.5, 0.6) is 0 Å². The minimum absolute atomic E-state index is 0.0401. The summed E-state index contributed by atoms with van der Waals surface area (Å²) in [5.41, 5.74) is 1.05. The smallest absolute Gasteiger partial charge is 0.335 e. The predicted molar refractivity (Wildman–Crippen MR) is 70.0 cm³/mol. The number of nitrogens with zero attached hydrogens (tertiary/aromatic N) is 1. The first kappa shape index (κ1) is 14.0. The number of hydrogen-bond donors (Lipinski definition) is 2. The van der Waals surface area contributed by atoms with Crippen molar-refractivity contribution in [2.45, 2.75) is 13.3 Å². The zero-order valence-corrected chi connectivity index (χ0v) is 10.6. The summed E-state index contributed by atoms with van der Waals surface area (Å²) in [6, 6.07) is 6.43. The van der Waals surface area contributed by atoms with Crippen molar-refractivity contribution >= 4 is 17.6 Å². The summed E-state index contributed by atoms with van der Waals surface area (Å²) in [6.07, 6.45) is 0.906. The molecule has 0 aliphatic carbocycles. The van der Waals surface area contributed by atoms with Gasteiger partial charge in [-0.1, -0.05) is 6.92 Å². The fourth-order valence-electron chi connectivity index (χ4n) is 1.49. The molecule has 2 N–H and O–H groups in total. The van der Waals surface area contributed by atoms with Crippen molar-refractivity contribution in [2.24, 2.45) is 0 Å². The largest absolute Gasteiger partial charge is 0.478 e. The number of carboxylic acids is 1. The predicted octanol–water partition coefficient (Wildman–Crippen LogP) is 1.35. The molecule has 5 nitrogen and oxygen atoms in total. The summed E-state index contributed by atoms with van der Waals surface area (Å²) < 4.78 is 0. The van der Waals surface area contributed by atoms with Crippen LogP contribution in [0.25, 0.3) is 0 Å².